The molecule has 1 aromatic rings. The van der Waals surface area contributed by atoms with Gasteiger partial charge in [0, 0.05) is 25.2 Å². The molecule has 0 radical (unpaired) electrons. The summed E-state index contributed by atoms with van der Waals surface area (Å²) in [6.45, 7) is 1.08. The molecule has 0 aromatic heterocycles. The molecule has 1 heterocycles. The van der Waals surface area contributed by atoms with Crippen LogP contribution >= 0.6 is 0 Å². The standard InChI is InChI=1S/C13H16N2O6/c1-20-9-2-3-11(15(18)19)12(6-9)14-4-5-21-10(8-14)7-13(16)17/h2-3,6,10H,4-5,7-8H2,1H3,(H,16,17). The first-order valence-electron chi connectivity index (χ1n) is 6.42. The number of nitro groups is 1. The fourth-order valence-electron chi connectivity index (χ4n) is 2.29. The lowest BCUT2D eigenvalue weighted by molar-refractivity contribution is -0.384. The number of rotatable bonds is 5. The van der Waals surface area contributed by atoms with Crippen LogP contribution < -0.4 is 9.64 Å². The molecule has 1 aromatic carbocycles. The van der Waals surface area contributed by atoms with Gasteiger partial charge in [-0.05, 0) is 6.07 Å². The second kappa shape index (κ2) is 6.40. The van der Waals surface area contributed by atoms with Crippen molar-refractivity contribution in [2.45, 2.75) is 12.5 Å². The Morgan fingerprint density at radius 1 is 1.62 bits per heavy atom. The number of ether oxygens (including phenoxy) is 2. The Kier molecular flexibility index (Phi) is 4.59. The van der Waals surface area contributed by atoms with Crippen molar-refractivity contribution in [3.8, 4) is 5.75 Å². The molecule has 0 amide bonds. The number of anilines is 1. The van der Waals surface area contributed by atoms with E-state index in [9.17, 15) is 14.9 Å². The van der Waals surface area contributed by atoms with Crippen LogP contribution in [-0.4, -0.2) is 48.9 Å². The lowest BCUT2D eigenvalue weighted by atomic mass is 10.1. The summed E-state index contributed by atoms with van der Waals surface area (Å²) >= 11 is 0. The summed E-state index contributed by atoms with van der Waals surface area (Å²) in [6, 6.07) is 4.49. The molecule has 1 aliphatic rings. The summed E-state index contributed by atoms with van der Waals surface area (Å²) in [5, 5.41) is 20.0. The van der Waals surface area contributed by atoms with Gasteiger partial charge in [-0.2, -0.15) is 0 Å². The van der Waals surface area contributed by atoms with Gasteiger partial charge >= 0.3 is 5.97 Å². The highest BCUT2D eigenvalue weighted by Gasteiger charge is 2.27. The number of nitro benzene ring substituents is 1. The van der Waals surface area contributed by atoms with Gasteiger partial charge in [-0.15, -0.1) is 0 Å². The molecule has 1 unspecified atom stereocenters. The fraction of sp³-hybridized carbons (Fsp3) is 0.462. The van der Waals surface area contributed by atoms with E-state index in [4.69, 9.17) is 14.6 Å². The number of morpholine rings is 1. The minimum absolute atomic E-state index is 0.0354. The molecule has 0 bridgehead atoms. The Morgan fingerprint density at radius 3 is 3.00 bits per heavy atom. The Labute approximate surface area is 121 Å². The minimum atomic E-state index is -0.956. The largest absolute Gasteiger partial charge is 0.497 e. The number of nitrogens with zero attached hydrogens (tertiary/aromatic N) is 2. The average Bonchev–Trinajstić information content (AvgIpc) is 2.46. The van der Waals surface area contributed by atoms with E-state index in [2.05, 4.69) is 0 Å². The van der Waals surface area contributed by atoms with Crippen molar-refractivity contribution >= 4 is 17.3 Å². The van der Waals surface area contributed by atoms with Gasteiger partial charge in [0.15, 0.2) is 0 Å². The Balaban J connectivity index is 2.26. The molecule has 1 N–H and O–H groups in total. The van der Waals surface area contributed by atoms with Gasteiger partial charge in [0.25, 0.3) is 5.69 Å². The highest BCUT2D eigenvalue weighted by Crippen LogP contribution is 2.33. The van der Waals surface area contributed by atoms with Crippen molar-refractivity contribution in [2.75, 3.05) is 31.7 Å². The maximum atomic E-state index is 11.1. The predicted molar refractivity (Wildman–Crippen MR) is 73.9 cm³/mol. The first-order valence-corrected chi connectivity index (χ1v) is 6.42. The van der Waals surface area contributed by atoms with Crippen molar-refractivity contribution < 1.29 is 24.3 Å². The second-order valence-corrected chi connectivity index (χ2v) is 4.65. The van der Waals surface area contributed by atoms with Crippen LogP contribution in [0.25, 0.3) is 0 Å². The zero-order valence-electron chi connectivity index (χ0n) is 11.5. The van der Waals surface area contributed by atoms with E-state index in [1.807, 2.05) is 0 Å². The second-order valence-electron chi connectivity index (χ2n) is 4.65. The quantitative estimate of drug-likeness (QED) is 0.645. The van der Waals surface area contributed by atoms with Gasteiger partial charge in [-0.3, -0.25) is 14.9 Å². The normalized spacial score (nSPS) is 18.3. The van der Waals surface area contributed by atoms with E-state index < -0.39 is 17.0 Å². The molecule has 8 nitrogen and oxygen atoms in total. The summed E-state index contributed by atoms with van der Waals surface area (Å²) in [4.78, 5) is 23.2. The summed E-state index contributed by atoms with van der Waals surface area (Å²) < 4.78 is 10.5. The third-order valence-corrected chi connectivity index (χ3v) is 3.26. The van der Waals surface area contributed by atoms with Gasteiger partial charge in [-0.1, -0.05) is 0 Å². The van der Waals surface area contributed by atoms with Gasteiger partial charge in [-0.25, -0.2) is 0 Å². The van der Waals surface area contributed by atoms with Crippen molar-refractivity contribution in [1.29, 1.82) is 0 Å². The van der Waals surface area contributed by atoms with E-state index in [1.54, 1.807) is 11.0 Å². The van der Waals surface area contributed by atoms with Gasteiger partial charge in [0.2, 0.25) is 0 Å². The van der Waals surface area contributed by atoms with E-state index >= 15 is 0 Å². The smallest absolute Gasteiger partial charge is 0.306 e. The van der Waals surface area contributed by atoms with Crippen LogP contribution in [-0.2, 0) is 9.53 Å². The van der Waals surface area contributed by atoms with Crippen LogP contribution in [0.5, 0.6) is 5.75 Å². The van der Waals surface area contributed by atoms with E-state index in [0.29, 0.717) is 31.1 Å². The minimum Gasteiger partial charge on any atom is -0.497 e. The number of benzene rings is 1. The highest BCUT2D eigenvalue weighted by molar-refractivity contribution is 5.68. The lowest BCUT2D eigenvalue weighted by Gasteiger charge is -2.33. The summed E-state index contributed by atoms with van der Waals surface area (Å²) in [6.07, 6.45) is -0.615. The predicted octanol–water partition coefficient (Wildman–Crippen LogP) is 1.28. The number of hydrogen-bond acceptors (Lipinski definition) is 6. The number of carboxylic acids is 1. The number of carboxylic acid groups (broad SMARTS) is 1. The van der Waals surface area contributed by atoms with Gasteiger partial charge < -0.3 is 19.5 Å². The summed E-state index contributed by atoms with van der Waals surface area (Å²) in [7, 11) is 1.48. The third-order valence-electron chi connectivity index (χ3n) is 3.26. The Hall–Kier alpha value is -2.35. The lowest BCUT2D eigenvalue weighted by Crippen LogP contribution is -2.43. The molecule has 1 aliphatic heterocycles. The molecule has 2 rings (SSSR count). The maximum Gasteiger partial charge on any atom is 0.306 e. The number of carbonyl (C=O) groups is 1. The molecule has 1 fully saturated rings. The number of methoxy groups -OCH3 is 1. The summed E-state index contributed by atoms with van der Waals surface area (Å²) in [5.74, 6) is -0.445. The molecule has 0 spiro atoms. The number of hydrogen-bond donors (Lipinski definition) is 1. The first kappa shape index (κ1) is 15.0. The molecule has 8 heteroatoms. The molecule has 1 atom stereocenters. The number of aliphatic carboxylic acids is 1. The molecule has 114 valence electrons. The average molecular weight is 296 g/mol. The molecule has 21 heavy (non-hydrogen) atoms. The SMILES string of the molecule is COc1ccc([N+](=O)[O-])c(N2CCOC(CC(=O)O)C2)c1. The van der Waals surface area contributed by atoms with Gasteiger partial charge in [0.1, 0.15) is 11.4 Å². The maximum absolute atomic E-state index is 11.1. The van der Waals surface area contributed by atoms with Crippen molar-refractivity contribution in [3.63, 3.8) is 0 Å². The molecule has 0 saturated carbocycles. The van der Waals surface area contributed by atoms with Crippen LogP contribution in [0.2, 0.25) is 0 Å². The van der Waals surface area contributed by atoms with Crippen LogP contribution in [0.3, 0.4) is 0 Å². The Morgan fingerprint density at radius 2 is 2.38 bits per heavy atom. The molecular weight excluding hydrogens is 280 g/mol. The zero-order valence-corrected chi connectivity index (χ0v) is 11.5. The molecule has 0 aliphatic carbocycles. The molecular formula is C13H16N2O6. The zero-order chi connectivity index (χ0) is 15.4. The summed E-state index contributed by atoms with van der Waals surface area (Å²) in [5.41, 5.74) is 0.379. The fourth-order valence-corrected chi connectivity index (χ4v) is 2.29. The van der Waals surface area contributed by atoms with E-state index in [1.165, 1.54) is 19.2 Å². The van der Waals surface area contributed by atoms with Crippen molar-refractivity contribution in [1.82, 2.24) is 0 Å². The monoisotopic (exact) mass is 296 g/mol. The van der Waals surface area contributed by atoms with Crippen LogP contribution in [0.4, 0.5) is 11.4 Å². The highest BCUT2D eigenvalue weighted by atomic mass is 16.6. The van der Waals surface area contributed by atoms with Gasteiger partial charge in [0.05, 0.1) is 31.2 Å². The third kappa shape index (κ3) is 3.60. The van der Waals surface area contributed by atoms with E-state index in [-0.39, 0.29) is 12.1 Å². The topological polar surface area (TPSA) is 102 Å². The van der Waals surface area contributed by atoms with Crippen LogP contribution in [0, 0.1) is 10.1 Å². The first-order chi connectivity index (χ1) is 10.0. The molecule has 1 saturated heterocycles. The van der Waals surface area contributed by atoms with E-state index in [0.717, 1.165) is 0 Å². The Bertz CT molecular complexity index is 547. The van der Waals surface area contributed by atoms with Crippen molar-refractivity contribution in [2.24, 2.45) is 0 Å². The van der Waals surface area contributed by atoms with Crippen LogP contribution in [0.1, 0.15) is 6.42 Å². The van der Waals surface area contributed by atoms with Crippen LogP contribution in [0.15, 0.2) is 18.2 Å². The van der Waals surface area contributed by atoms with Crippen molar-refractivity contribution in [3.05, 3.63) is 28.3 Å².